The normalized spacial score (nSPS) is 11.9. The van der Waals surface area contributed by atoms with Gasteiger partial charge in [0.25, 0.3) is 0 Å². The number of aromatic nitrogens is 5. The highest BCUT2D eigenvalue weighted by atomic mass is 15.2. The highest BCUT2D eigenvalue weighted by molar-refractivity contribution is 6.24. The van der Waals surface area contributed by atoms with Crippen molar-refractivity contribution in [3.63, 3.8) is 0 Å². The van der Waals surface area contributed by atoms with Crippen LogP contribution in [0.5, 0.6) is 0 Å². The van der Waals surface area contributed by atoms with Crippen LogP contribution in [0.1, 0.15) is 0 Å². The zero-order chi connectivity index (χ0) is 30.2. The molecule has 0 spiro atoms. The van der Waals surface area contributed by atoms with E-state index >= 15 is 0 Å². The molecule has 10 rings (SSSR count). The van der Waals surface area contributed by atoms with Crippen LogP contribution in [0.15, 0.2) is 152 Å². The fourth-order valence-corrected chi connectivity index (χ4v) is 7.07. The number of hydrogen-bond acceptors (Lipinski definition) is 3. The van der Waals surface area contributed by atoms with Gasteiger partial charge in [0.1, 0.15) is 11.3 Å². The predicted molar refractivity (Wildman–Crippen MR) is 189 cm³/mol. The Morgan fingerprint density at radius 3 is 1.87 bits per heavy atom. The van der Waals surface area contributed by atoms with Gasteiger partial charge in [-0.05, 0) is 40.8 Å². The lowest BCUT2D eigenvalue weighted by Gasteiger charge is -2.13. The number of rotatable bonds is 3. The second-order valence-corrected chi connectivity index (χ2v) is 11.7. The van der Waals surface area contributed by atoms with Crippen LogP contribution in [0.2, 0.25) is 0 Å². The standard InChI is InChI=1S/C41H25N5/c1-3-13-26(14-4-1)28-23-24-36-34(25-28)42-39-30-18-8-7-17-29(30)37-32-20-10-12-22-35(32)46(40(37)45(36)39)41-43-33-21-11-9-19-31(33)38(44-41)27-15-5-2-6-16-27/h1-25H. The van der Waals surface area contributed by atoms with E-state index in [4.69, 9.17) is 15.0 Å². The fraction of sp³-hybridized carbons (Fsp3) is 0. The van der Waals surface area contributed by atoms with Gasteiger partial charge in [-0.1, -0.05) is 127 Å². The summed E-state index contributed by atoms with van der Waals surface area (Å²) in [5, 5.41) is 5.59. The van der Waals surface area contributed by atoms with Crippen LogP contribution in [0.25, 0.3) is 88.6 Å². The van der Waals surface area contributed by atoms with E-state index in [1.54, 1.807) is 0 Å². The van der Waals surface area contributed by atoms with Gasteiger partial charge in [0.2, 0.25) is 5.95 Å². The molecule has 0 amide bonds. The summed E-state index contributed by atoms with van der Waals surface area (Å²) >= 11 is 0. The molecule has 0 saturated carbocycles. The molecule has 0 radical (unpaired) electrons. The van der Waals surface area contributed by atoms with Crippen molar-refractivity contribution >= 4 is 60.3 Å². The molecule has 0 saturated heterocycles. The van der Waals surface area contributed by atoms with Crippen LogP contribution in [0.3, 0.4) is 0 Å². The average molecular weight is 588 g/mol. The molecule has 0 bridgehead atoms. The number of pyridine rings is 1. The van der Waals surface area contributed by atoms with E-state index in [1.165, 1.54) is 5.56 Å². The highest BCUT2D eigenvalue weighted by Crippen LogP contribution is 2.40. The first-order chi connectivity index (χ1) is 22.8. The molecule has 46 heavy (non-hydrogen) atoms. The number of fused-ring (bicyclic) bond motifs is 11. The second kappa shape index (κ2) is 9.58. The Balaban J connectivity index is 1.40. The average Bonchev–Trinajstić information content (AvgIpc) is 3.68. The molecule has 0 fully saturated rings. The predicted octanol–water partition coefficient (Wildman–Crippen LogP) is 10.0. The summed E-state index contributed by atoms with van der Waals surface area (Å²) in [6.45, 7) is 0. The van der Waals surface area contributed by atoms with Crippen molar-refractivity contribution in [2.45, 2.75) is 0 Å². The quantitative estimate of drug-likeness (QED) is 0.207. The van der Waals surface area contributed by atoms with Crippen molar-refractivity contribution in [1.29, 1.82) is 0 Å². The summed E-state index contributed by atoms with van der Waals surface area (Å²) in [4.78, 5) is 15.9. The van der Waals surface area contributed by atoms with Crippen LogP contribution in [0.4, 0.5) is 0 Å². The minimum atomic E-state index is 0.628. The molecule has 6 aromatic carbocycles. The van der Waals surface area contributed by atoms with Gasteiger partial charge >= 0.3 is 0 Å². The zero-order valence-corrected chi connectivity index (χ0v) is 24.7. The lowest BCUT2D eigenvalue weighted by molar-refractivity contribution is 0.991. The Bertz CT molecular complexity index is 2790. The summed E-state index contributed by atoms with van der Waals surface area (Å²) in [5.41, 5.74) is 10.1. The maximum atomic E-state index is 5.34. The molecular formula is C41H25N5. The van der Waals surface area contributed by atoms with Crippen LogP contribution >= 0.6 is 0 Å². The first-order valence-corrected chi connectivity index (χ1v) is 15.5. The number of hydrogen-bond donors (Lipinski definition) is 0. The number of nitrogens with zero attached hydrogens (tertiary/aromatic N) is 5. The van der Waals surface area contributed by atoms with E-state index in [9.17, 15) is 0 Å². The molecule has 0 aliphatic heterocycles. The van der Waals surface area contributed by atoms with E-state index in [1.807, 2.05) is 18.2 Å². The minimum Gasteiger partial charge on any atom is -0.277 e. The third kappa shape index (κ3) is 3.54. The van der Waals surface area contributed by atoms with Crippen LogP contribution < -0.4 is 0 Å². The third-order valence-electron chi connectivity index (χ3n) is 9.10. The molecule has 0 aliphatic carbocycles. The first kappa shape index (κ1) is 25.0. The van der Waals surface area contributed by atoms with Crippen molar-refractivity contribution < 1.29 is 0 Å². The highest BCUT2D eigenvalue weighted by Gasteiger charge is 2.23. The first-order valence-electron chi connectivity index (χ1n) is 15.5. The molecule has 214 valence electrons. The van der Waals surface area contributed by atoms with Gasteiger partial charge in [0, 0.05) is 27.1 Å². The molecule has 4 heterocycles. The molecule has 5 nitrogen and oxygen atoms in total. The summed E-state index contributed by atoms with van der Waals surface area (Å²) in [5.74, 6) is 0.628. The summed E-state index contributed by atoms with van der Waals surface area (Å²) in [7, 11) is 0. The van der Waals surface area contributed by atoms with Crippen molar-refractivity contribution in [3.8, 4) is 28.3 Å². The lowest BCUT2D eigenvalue weighted by atomic mass is 10.1. The molecule has 0 atom stereocenters. The molecule has 0 N–H and O–H groups in total. The second-order valence-electron chi connectivity index (χ2n) is 11.7. The molecule has 0 unspecified atom stereocenters. The Morgan fingerprint density at radius 1 is 0.413 bits per heavy atom. The topological polar surface area (TPSA) is 48.0 Å². The monoisotopic (exact) mass is 587 g/mol. The smallest absolute Gasteiger partial charge is 0.236 e. The Hall–Kier alpha value is -6.33. The van der Waals surface area contributed by atoms with Gasteiger partial charge in [-0.25, -0.2) is 15.0 Å². The number of imidazole rings is 1. The Kier molecular flexibility index (Phi) is 5.22. The van der Waals surface area contributed by atoms with Crippen molar-refractivity contribution in [1.82, 2.24) is 23.9 Å². The minimum absolute atomic E-state index is 0.628. The van der Waals surface area contributed by atoms with Crippen molar-refractivity contribution in [3.05, 3.63) is 152 Å². The van der Waals surface area contributed by atoms with E-state index < -0.39 is 0 Å². The summed E-state index contributed by atoms with van der Waals surface area (Å²) < 4.78 is 4.54. The molecular weight excluding hydrogens is 562 g/mol. The largest absolute Gasteiger partial charge is 0.277 e. The van der Waals surface area contributed by atoms with Gasteiger partial charge in [-0.2, -0.15) is 0 Å². The van der Waals surface area contributed by atoms with E-state index in [2.05, 4.69) is 142 Å². The molecule has 10 aromatic rings. The Morgan fingerprint density at radius 2 is 1.07 bits per heavy atom. The lowest BCUT2D eigenvalue weighted by Crippen LogP contribution is -2.06. The van der Waals surface area contributed by atoms with Gasteiger partial charge in [-0.3, -0.25) is 8.97 Å². The maximum absolute atomic E-state index is 5.34. The van der Waals surface area contributed by atoms with Crippen molar-refractivity contribution in [2.75, 3.05) is 0 Å². The number of para-hydroxylation sites is 2. The van der Waals surface area contributed by atoms with Gasteiger partial charge in [0.15, 0.2) is 0 Å². The van der Waals surface area contributed by atoms with Crippen LogP contribution in [-0.4, -0.2) is 23.9 Å². The fourth-order valence-electron chi connectivity index (χ4n) is 7.07. The Labute approximate surface area is 263 Å². The van der Waals surface area contributed by atoms with E-state index in [-0.39, 0.29) is 0 Å². The molecule has 5 heteroatoms. The SMILES string of the molecule is c1ccc(-c2ccc3c(c2)nc2c4ccccc4c4c5ccccc5n(-c5nc(-c6ccccc6)c6ccccc6n5)c4n32)cc1. The van der Waals surface area contributed by atoms with Gasteiger partial charge in [0.05, 0.1) is 27.8 Å². The summed E-state index contributed by atoms with van der Waals surface area (Å²) in [6.07, 6.45) is 0. The van der Waals surface area contributed by atoms with Gasteiger partial charge in [-0.15, -0.1) is 0 Å². The van der Waals surface area contributed by atoms with Crippen LogP contribution in [0, 0.1) is 0 Å². The zero-order valence-electron chi connectivity index (χ0n) is 24.7. The van der Waals surface area contributed by atoms with Crippen molar-refractivity contribution in [2.24, 2.45) is 0 Å². The van der Waals surface area contributed by atoms with Crippen LogP contribution in [-0.2, 0) is 0 Å². The van der Waals surface area contributed by atoms with E-state index in [0.717, 1.165) is 77.1 Å². The van der Waals surface area contributed by atoms with Gasteiger partial charge < -0.3 is 0 Å². The number of benzene rings is 6. The molecule has 4 aromatic heterocycles. The maximum Gasteiger partial charge on any atom is 0.236 e. The molecule has 0 aliphatic rings. The van der Waals surface area contributed by atoms with E-state index in [0.29, 0.717) is 5.95 Å². The summed E-state index contributed by atoms with van der Waals surface area (Å²) in [6, 6.07) is 52.9. The third-order valence-corrected chi connectivity index (χ3v) is 9.10.